The SMILES string of the molecule is CCCNCCNC(=O)c1csc(I)c1. The van der Waals surface area contributed by atoms with Crippen LogP contribution in [0.1, 0.15) is 23.7 Å². The van der Waals surface area contributed by atoms with E-state index in [4.69, 9.17) is 0 Å². The van der Waals surface area contributed by atoms with Crippen LogP contribution in [-0.2, 0) is 0 Å². The summed E-state index contributed by atoms with van der Waals surface area (Å²) in [7, 11) is 0. The van der Waals surface area contributed by atoms with Crippen LogP contribution >= 0.6 is 33.9 Å². The van der Waals surface area contributed by atoms with Crippen molar-refractivity contribution in [1.82, 2.24) is 10.6 Å². The lowest BCUT2D eigenvalue weighted by Gasteiger charge is -2.04. The maximum atomic E-state index is 11.6. The third-order valence-corrected chi connectivity index (χ3v) is 3.63. The molecule has 0 unspecified atom stereocenters. The fraction of sp³-hybridized carbons (Fsp3) is 0.500. The van der Waals surface area contributed by atoms with Crippen molar-refractivity contribution in [2.45, 2.75) is 13.3 Å². The zero-order valence-corrected chi connectivity index (χ0v) is 11.7. The van der Waals surface area contributed by atoms with Crippen molar-refractivity contribution < 1.29 is 4.79 Å². The Labute approximate surface area is 108 Å². The zero-order chi connectivity index (χ0) is 11.1. The molecule has 1 aromatic heterocycles. The number of rotatable bonds is 6. The van der Waals surface area contributed by atoms with Gasteiger partial charge in [-0.1, -0.05) is 6.92 Å². The molecule has 0 aliphatic heterocycles. The maximum absolute atomic E-state index is 11.6. The Morgan fingerprint density at radius 3 is 2.87 bits per heavy atom. The van der Waals surface area contributed by atoms with Crippen molar-refractivity contribution in [2.75, 3.05) is 19.6 Å². The van der Waals surface area contributed by atoms with Crippen LogP contribution in [0.2, 0.25) is 0 Å². The van der Waals surface area contributed by atoms with E-state index < -0.39 is 0 Å². The number of carbonyl (C=O) groups is 1. The van der Waals surface area contributed by atoms with Gasteiger partial charge in [0.15, 0.2) is 0 Å². The van der Waals surface area contributed by atoms with Gasteiger partial charge in [0, 0.05) is 18.5 Å². The standard InChI is InChI=1S/C10H15IN2OS/c1-2-3-12-4-5-13-10(14)8-6-9(11)15-7-8/h6-7,12H,2-5H2,1H3,(H,13,14). The van der Waals surface area contributed by atoms with Crippen LogP contribution in [0.3, 0.4) is 0 Å². The van der Waals surface area contributed by atoms with Gasteiger partial charge in [-0.25, -0.2) is 0 Å². The highest BCUT2D eigenvalue weighted by atomic mass is 127. The molecule has 1 aromatic rings. The molecule has 3 nitrogen and oxygen atoms in total. The summed E-state index contributed by atoms with van der Waals surface area (Å²) in [5.74, 6) is 0.0208. The molecule has 1 rings (SSSR count). The monoisotopic (exact) mass is 338 g/mol. The van der Waals surface area contributed by atoms with E-state index in [0.29, 0.717) is 6.54 Å². The van der Waals surface area contributed by atoms with E-state index in [1.54, 1.807) is 11.3 Å². The highest BCUT2D eigenvalue weighted by molar-refractivity contribution is 14.1. The molecular formula is C10H15IN2OS. The highest BCUT2D eigenvalue weighted by Crippen LogP contribution is 2.16. The van der Waals surface area contributed by atoms with Crippen LogP contribution in [-0.4, -0.2) is 25.5 Å². The van der Waals surface area contributed by atoms with Crippen LogP contribution in [0.25, 0.3) is 0 Å². The lowest BCUT2D eigenvalue weighted by molar-refractivity contribution is 0.0954. The Bertz CT molecular complexity index is 314. The molecular weight excluding hydrogens is 323 g/mol. The molecule has 0 spiro atoms. The maximum Gasteiger partial charge on any atom is 0.252 e. The number of hydrogen-bond acceptors (Lipinski definition) is 3. The second-order valence-electron chi connectivity index (χ2n) is 3.15. The summed E-state index contributed by atoms with van der Waals surface area (Å²) in [6, 6.07) is 1.90. The number of hydrogen-bond donors (Lipinski definition) is 2. The molecule has 15 heavy (non-hydrogen) atoms. The van der Waals surface area contributed by atoms with E-state index in [1.807, 2.05) is 11.4 Å². The summed E-state index contributed by atoms with van der Waals surface area (Å²) in [5, 5.41) is 7.99. The van der Waals surface area contributed by atoms with Crippen LogP contribution < -0.4 is 10.6 Å². The predicted molar refractivity (Wildman–Crippen MR) is 72.5 cm³/mol. The molecule has 0 atom stereocenters. The van der Waals surface area contributed by atoms with Gasteiger partial charge in [-0.15, -0.1) is 11.3 Å². The first-order valence-electron chi connectivity index (χ1n) is 4.97. The highest BCUT2D eigenvalue weighted by Gasteiger charge is 2.06. The average molecular weight is 338 g/mol. The van der Waals surface area contributed by atoms with E-state index in [9.17, 15) is 4.79 Å². The molecule has 2 N–H and O–H groups in total. The van der Waals surface area contributed by atoms with Gasteiger partial charge >= 0.3 is 0 Å². The van der Waals surface area contributed by atoms with Crippen LogP contribution in [0.5, 0.6) is 0 Å². The quantitative estimate of drug-likeness (QED) is 0.616. The van der Waals surface area contributed by atoms with E-state index in [-0.39, 0.29) is 5.91 Å². The largest absolute Gasteiger partial charge is 0.351 e. The Kier molecular flexibility index (Phi) is 6.19. The van der Waals surface area contributed by atoms with Gasteiger partial charge in [0.2, 0.25) is 0 Å². The summed E-state index contributed by atoms with van der Waals surface area (Å²) in [6.07, 6.45) is 1.12. The van der Waals surface area contributed by atoms with Crippen LogP contribution in [0.4, 0.5) is 0 Å². The number of carbonyl (C=O) groups excluding carboxylic acids is 1. The summed E-state index contributed by atoms with van der Waals surface area (Å²) >= 11 is 3.81. The number of halogens is 1. The lowest BCUT2D eigenvalue weighted by Crippen LogP contribution is -2.31. The predicted octanol–water partition coefficient (Wildman–Crippen LogP) is 2.08. The van der Waals surface area contributed by atoms with Crippen LogP contribution in [0.15, 0.2) is 11.4 Å². The van der Waals surface area contributed by atoms with Gasteiger partial charge in [0.1, 0.15) is 0 Å². The zero-order valence-electron chi connectivity index (χ0n) is 8.68. The molecule has 0 fully saturated rings. The minimum atomic E-state index is 0.0208. The number of thiophene rings is 1. The normalized spacial score (nSPS) is 10.3. The Morgan fingerprint density at radius 2 is 2.27 bits per heavy atom. The van der Waals surface area contributed by atoms with Crippen molar-refractivity contribution in [2.24, 2.45) is 0 Å². The van der Waals surface area contributed by atoms with E-state index in [2.05, 4.69) is 40.1 Å². The molecule has 0 saturated carbocycles. The number of amides is 1. The van der Waals surface area contributed by atoms with Crippen molar-refractivity contribution in [3.8, 4) is 0 Å². The fourth-order valence-electron chi connectivity index (χ4n) is 1.10. The molecule has 0 radical (unpaired) electrons. The van der Waals surface area contributed by atoms with Crippen molar-refractivity contribution in [3.63, 3.8) is 0 Å². The Hall–Kier alpha value is -0.140. The second-order valence-corrected chi connectivity index (χ2v) is 5.95. The summed E-state index contributed by atoms with van der Waals surface area (Å²) in [5.41, 5.74) is 0.764. The average Bonchev–Trinajstić information content (AvgIpc) is 2.64. The molecule has 0 saturated heterocycles. The van der Waals surface area contributed by atoms with Gasteiger partial charge < -0.3 is 10.6 Å². The molecule has 1 heterocycles. The van der Waals surface area contributed by atoms with Gasteiger partial charge in [-0.2, -0.15) is 0 Å². The topological polar surface area (TPSA) is 41.1 Å². The molecule has 84 valence electrons. The van der Waals surface area contributed by atoms with Gasteiger partial charge in [-0.05, 0) is 41.6 Å². The van der Waals surface area contributed by atoms with Gasteiger partial charge in [-0.3, -0.25) is 4.79 Å². The molecule has 5 heteroatoms. The first kappa shape index (κ1) is 12.9. The molecule has 0 aliphatic rings. The fourth-order valence-corrected chi connectivity index (χ4v) is 2.42. The van der Waals surface area contributed by atoms with E-state index in [1.165, 1.54) is 0 Å². The third kappa shape index (κ3) is 4.94. The first-order chi connectivity index (χ1) is 7.24. The minimum absolute atomic E-state index is 0.0208. The smallest absolute Gasteiger partial charge is 0.252 e. The minimum Gasteiger partial charge on any atom is -0.351 e. The molecule has 0 aromatic carbocycles. The van der Waals surface area contributed by atoms with E-state index in [0.717, 1.165) is 28.0 Å². The Morgan fingerprint density at radius 1 is 1.47 bits per heavy atom. The molecule has 1 amide bonds. The number of nitrogens with one attached hydrogen (secondary N) is 2. The van der Waals surface area contributed by atoms with Crippen molar-refractivity contribution in [1.29, 1.82) is 0 Å². The van der Waals surface area contributed by atoms with Gasteiger partial charge in [0.05, 0.1) is 8.45 Å². The lowest BCUT2D eigenvalue weighted by atomic mass is 10.3. The van der Waals surface area contributed by atoms with Crippen LogP contribution in [0, 0.1) is 2.88 Å². The molecule has 0 bridgehead atoms. The third-order valence-electron chi connectivity index (χ3n) is 1.84. The summed E-state index contributed by atoms with van der Waals surface area (Å²) in [6.45, 7) is 4.65. The van der Waals surface area contributed by atoms with Crippen molar-refractivity contribution >= 4 is 39.8 Å². The second kappa shape index (κ2) is 7.19. The summed E-state index contributed by atoms with van der Waals surface area (Å²) in [4.78, 5) is 11.6. The summed E-state index contributed by atoms with van der Waals surface area (Å²) < 4.78 is 1.14. The first-order valence-corrected chi connectivity index (χ1v) is 6.93. The Balaban J connectivity index is 2.19. The van der Waals surface area contributed by atoms with Gasteiger partial charge in [0.25, 0.3) is 5.91 Å². The van der Waals surface area contributed by atoms with E-state index >= 15 is 0 Å². The molecule has 0 aliphatic carbocycles. The van der Waals surface area contributed by atoms with Crippen molar-refractivity contribution in [3.05, 3.63) is 19.9 Å².